The third kappa shape index (κ3) is 5.37. The molecule has 1 unspecified atom stereocenters. The molecule has 0 rings (SSSR count). The first-order chi connectivity index (χ1) is 8.70. The fourth-order valence-electron chi connectivity index (χ4n) is 1.78. The molecular formula is C11H25N3O3Si. The largest absolute Gasteiger partial charge is 0.510 e. The Kier molecular flexibility index (Phi) is 10.00. The molecule has 0 radical (unpaired) electrons. The third-order valence-electron chi connectivity index (χ3n) is 2.47. The molecule has 0 fully saturated rings. The van der Waals surface area contributed by atoms with Crippen LogP contribution in [0.5, 0.6) is 0 Å². The Balaban J connectivity index is 5.06. The minimum atomic E-state index is -2.90. The van der Waals surface area contributed by atoms with E-state index in [1.807, 2.05) is 20.8 Å². The molecule has 7 heteroatoms. The van der Waals surface area contributed by atoms with E-state index in [1.165, 1.54) is 0 Å². The van der Waals surface area contributed by atoms with Crippen molar-refractivity contribution in [3.63, 3.8) is 0 Å². The summed E-state index contributed by atoms with van der Waals surface area (Å²) < 4.78 is 17.3. The smallest absolute Gasteiger partial charge is 0.374 e. The van der Waals surface area contributed by atoms with Crippen molar-refractivity contribution in [2.75, 3.05) is 19.8 Å². The summed E-state index contributed by atoms with van der Waals surface area (Å²) in [5.41, 5.74) is 8.39. The maximum atomic E-state index is 8.72. The number of unbranched alkanes of at least 4 members (excludes halogenated alkanes) is 1. The average molecular weight is 275 g/mol. The normalized spacial score (nSPS) is 13.1. The van der Waals surface area contributed by atoms with Gasteiger partial charge < -0.3 is 13.3 Å². The van der Waals surface area contributed by atoms with E-state index in [2.05, 4.69) is 16.9 Å². The average Bonchev–Trinajstić information content (AvgIpc) is 2.35. The van der Waals surface area contributed by atoms with Crippen LogP contribution in [-0.4, -0.2) is 34.3 Å². The monoisotopic (exact) mass is 275 g/mol. The van der Waals surface area contributed by atoms with Gasteiger partial charge in [0.2, 0.25) is 0 Å². The van der Waals surface area contributed by atoms with Gasteiger partial charge in [-0.05, 0) is 32.7 Å². The fraction of sp³-hybridized carbons (Fsp3) is 1.00. The highest BCUT2D eigenvalue weighted by Gasteiger charge is 2.48. The van der Waals surface area contributed by atoms with Crippen LogP contribution in [0.1, 0.15) is 47.0 Å². The first-order valence-electron chi connectivity index (χ1n) is 6.66. The molecule has 0 bridgehead atoms. The summed E-state index contributed by atoms with van der Waals surface area (Å²) in [6.45, 7) is 9.27. The van der Waals surface area contributed by atoms with Crippen LogP contribution >= 0.6 is 0 Å². The summed E-state index contributed by atoms with van der Waals surface area (Å²) in [5.74, 6) is 0. The Bertz CT molecular complexity index is 243. The zero-order valence-corrected chi connectivity index (χ0v) is 12.9. The van der Waals surface area contributed by atoms with Crippen molar-refractivity contribution in [3.05, 3.63) is 10.4 Å². The minimum Gasteiger partial charge on any atom is -0.374 e. The lowest BCUT2D eigenvalue weighted by Crippen LogP contribution is -2.55. The second-order valence-electron chi connectivity index (χ2n) is 3.77. The maximum Gasteiger partial charge on any atom is 0.510 e. The molecule has 106 valence electrons. The van der Waals surface area contributed by atoms with E-state index in [9.17, 15) is 0 Å². The van der Waals surface area contributed by atoms with Crippen molar-refractivity contribution in [3.8, 4) is 0 Å². The van der Waals surface area contributed by atoms with Gasteiger partial charge in [0, 0.05) is 24.7 Å². The lowest BCUT2D eigenvalue weighted by molar-refractivity contribution is 0.0611. The summed E-state index contributed by atoms with van der Waals surface area (Å²) >= 11 is 0. The first kappa shape index (κ1) is 17.4. The van der Waals surface area contributed by atoms with Gasteiger partial charge in [-0.3, -0.25) is 0 Å². The number of hydrogen-bond acceptors (Lipinski definition) is 4. The molecule has 0 aliphatic carbocycles. The molecule has 0 amide bonds. The Labute approximate surface area is 111 Å². The number of rotatable bonds is 11. The predicted octanol–water partition coefficient (Wildman–Crippen LogP) is 3.44. The maximum absolute atomic E-state index is 8.72. The highest BCUT2D eigenvalue weighted by molar-refractivity contribution is 6.62. The molecule has 0 N–H and O–H groups in total. The molecule has 0 saturated heterocycles. The van der Waals surface area contributed by atoms with Crippen LogP contribution in [0.2, 0.25) is 0 Å². The molecule has 0 aromatic heterocycles. The van der Waals surface area contributed by atoms with Crippen molar-refractivity contribution < 1.29 is 13.3 Å². The van der Waals surface area contributed by atoms with Gasteiger partial charge in [0.15, 0.2) is 0 Å². The van der Waals surface area contributed by atoms with Crippen LogP contribution in [-0.2, 0) is 13.3 Å². The van der Waals surface area contributed by atoms with E-state index >= 15 is 0 Å². The van der Waals surface area contributed by atoms with Crippen molar-refractivity contribution in [2.24, 2.45) is 5.11 Å². The van der Waals surface area contributed by atoms with Crippen molar-refractivity contribution in [2.45, 2.75) is 52.6 Å². The Morgan fingerprint density at radius 3 is 1.89 bits per heavy atom. The highest BCUT2D eigenvalue weighted by Crippen LogP contribution is 2.22. The summed E-state index contributed by atoms with van der Waals surface area (Å²) in [5, 5.41) is 3.86. The summed E-state index contributed by atoms with van der Waals surface area (Å²) in [6.07, 6.45) is 2.74. The van der Waals surface area contributed by atoms with Crippen LogP contribution in [0.15, 0.2) is 5.11 Å². The van der Waals surface area contributed by atoms with E-state index in [0.717, 1.165) is 19.3 Å². The SMILES string of the molecule is CCCCC(N=[N+]=[N-])[Si](OCC)(OCC)OCC. The van der Waals surface area contributed by atoms with Gasteiger partial charge in [-0.1, -0.05) is 24.9 Å². The number of azide groups is 1. The van der Waals surface area contributed by atoms with E-state index < -0.39 is 8.80 Å². The molecule has 0 aromatic carbocycles. The molecule has 0 saturated carbocycles. The second-order valence-corrected chi connectivity index (χ2v) is 6.51. The van der Waals surface area contributed by atoms with Gasteiger partial charge in [-0.2, -0.15) is 0 Å². The zero-order chi connectivity index (χ0) is 13.9. The van der Waals surface area contributed by atoms with Crippen LogP contribution in [0.3, 0.4) is 0 Å². The molecule has 0 heterocycles. The van der Waals surface area contributed by atoms with Crippen LogP contribution in [0, 0.1) is 0 Å². The molecule has 1 atom stereocenters. The van der Waals surface area contributed by atoms with Gasteiger partial charge in [-0.25, -0.2) is 0 Å². The molecule has 0 spiro atoms. The molecule has 0 aliphatic rings. The first-order valence-corrected chi connectivity index (χ1v) is 8.46. The molecule has 0 aromatic rings. The highest BCUT2D eigenvalue weighted by atomic mass is 28.4. The number of nitrogens with zero attached hydrogens (tertiary/aromatic N) is 3. The van der Waals surface area contributed by atoms with Crippen molar-refractivity contribution >= 4 is 8.80 Å². The van der Waals surface area contributed by atoms with E-state index in [-0.39, 0.29) is 5.67 Å². The Morgan fingerprint density at radius 2 is 1.56 bits per heavy atom. The minimum absolute atomic E-state index is 0.331. The third-order valence-corrected chi connectivity index (χ3v) is 5.76. The Morgan fingerprint density at radius 1 is 1.06 bits per heavy atom. The van der Waals surface area contributed by atoms with Crippen LogP contribution in [0.4, 0.5) is 0 Å². The lowest BCUT2D eigenvalue weighted by atomic mass is 10.2. The van der Waals surface area contributed by atoms with E-state index in [1.54, 1.807) is 0 Å². The van der Waals surface area contributed by atoms with E-state index in [0.29, 0.717) is 19.8 Å². The van der Waals surface area contributed by atoms with Crippen LogP contribution < -0.4 is 0 Å². The van der Waals surface area contributed by atoms with Gasteiger partial charge in [0.05, 0.1) is 0 Å². The van der Waals surface area contributed by atoms with Gasteiger partial charge in [0.1, 0.15) is 5.67 Å². The van der Waals surface area contributed by atoms with Gasteiger partial charge in [-0.15, -0.1) is 0 Å². The molecule has 0 aliphatic heterocycles. The summed E-state index contributed by atoms with van der Waals surface area (Å²) in [7, 11) is -2.90. The van der Waals surface area contributed by atoms with Crippen molar-refractivity contribution in [1.82, 2.24) is 0 Å². The lowest BCUT2D eigenvalue weighted by Gasteiger charge is -2.32. The van der Waals surface area contributed by atoms with E-state index in [4.69, 9.17) is 18.8 Å². The summed E-state index contributed by atoms with van der Waals surface area (Å²) in [6, 6.07) is 0. The topological polar surface area (TPSA) is 76.5 Å². The predicted molar refractivity (Wildman–Crippen MR) is 73.1 cm³/mol. The molecular weight excluding hydrogens is 250 g/mol. The van der Waals surface area contributed by atoms with Gasteiger partial charge >= 0.3 is 8.80 Å². The van der Waals surface area contributed by atoms with Gasteiger partial charge in [0.25, 0.3) is 0 Å². The zero-order valence-electron chi connectivity index (χ0n) is 11.9. The summed E-state index contributed by atoms with van der Waals surface area (Å²) in [4.78, 5) is 2.92. The quantitative estimate of drug-likeness (QED) is 0.251. The molecule has 6 nitrogen and oxygen atoms in total. The Hall–Kier alpha value is -0.593. The van der Waals surface area contributed by atoms with Crippen molar-refractivity contribution in [1.29, 1.82) is 0 Å². The standard InChI is InChI=1S/C11H25N3O3Si/c1-5-9-10-11(13-14-12)18(15-6-2,16-7-3)17-8-4/h11H,5-10H2,1-4H3. The number of hydrogen-bond donors (Lipinski definition) is 0. The second kappa shape index (κ2) is 10.3. The van der Waals surface area contributed by atoms with Crippen LogP contribution in [0.25, 0.3) is 10.4 Å². The molecule has 18 heavy (non-hydrogen) atoms. The fourth-order valence-corrected chi connectivity index (χ4v) is 4.57.